The molecule has 0 fully saturated rings. The largest absolute Gasteiger partial charge is 0.497 e. The number of rotatable bonds is 4. The second kappa shape index (κ2) is 6.41. The highest BCUT2D eigenvalue weighted by Crippen LogP contribution is 2.36. The molecule has 0 spiro atoms. The van der Waals surface area contributed by atoms with E-state index < -0.39 is 5.97 Å². The summed E-state index contributed by atoms with van der Waals surface area (Å²) in [5, 5.41) is 4.96. The molecule has 2 aromatic rings. The molecule has 110 valence electrons. The maximum Gasteiger partial charge on any atom is 0.341 e. The Bertz CT molecular complexity index is 661. The van der Waals surface area contributed by atoms with Crippen molar-refractivity contribution in [2.75, 3.05) is 19.5 Å². The number of hydrogen-bond donors (Lipinski definition) is 1. The van der Waals surface area contributed by atoms with E-state index >= 15 is 0 Å². The van der Waals surface area contributed by atoms with Crippen LogP contribution in [0.5, 0.6) is 5.75 Å². The highest BCUT2D eigenvalue weighted by atomic mass is 32.1. The zero-order valence-electron chi connectivity index (χ0n) is 11.9. The van der Waals surface area contributed by atoms with Crippen molar-refractivity contribution in [2.24, 2.45) is 0 Å². The van der Waals surface area contributed by atoms with Crippen LogP contribution in [-0.4, -0.2) is 26.1 Å². The summed E-state index contributed by atoms with van der Waals surface area (Å²) >= 11 is 1.29. The quantitative estimate of drug-likeness (QED) is 0.881. The van der Waals surface area contributed by atoms with Crippen LogP contribution in [0.3, 0.4) is 0 Å². The zero-order valence-corrected chi connectivity index (χ0v) is 12.7. The molecule has 0 atom stereocenters. The molecule has 0 bridgehead atoms. The third-order valence-electron chi connectivity index (χ3n) is 2.87. The molecule has 5 nitrogen and oxygen atoms in total. The van der Waals surface area contributed by atoms with Crippen LogP contribution in [0.15, 0.2) is 29.6 Å². The first kappa shape index (κ1) is 15.1. The fourth-order valence-corrected chi connectivity index (χ4v) is 2.90. The predicted molar refractivity (Wildman–Crippen MR) is 82.0 cm³/mol. The number of nitrogens with one attached hydrogen (secondary N) is 1. The van der Waals surface area contributed by atoms with Gasteiger partial charge in [0.2, 0.25) is 5.91 Å². The van der Waals surface area contributed by atoms with E-state index in [4.69, 9.17) is 9.47 Å². The van der Waals surface area contributed by atoms with Gasteiger partial charge < -0.3 is 14.8 Å². The first-order valence-corrected chi connectivity index (χ1v) is 7.06. The van der Waals surface area contributed by atoms with Crippen molar-refractivity contribution in [3.05, 3.63) is 35.2 Å². The fourth-order valence-electron chi connectivity index (χ4n) is 1.90. The minimum Gasteiger partial charge on any atom is -0.497 e. The molecule has 1 aromatic heterocycles. The molecule has 0 aliphatic heterocycles. The maximum absolute atomic E-state index is 12.0. The monoisotopic (exact) mass is 305 g/mol. The van der Waals surface area contributed by atoms with Crippen LogP contribution in [0, 0.1) is 0 Å². The molecule has 21 heavy (non-hydrogen) atoms. The van der Waals surface area contributed by atoms with Gasteiger partial charge in [-0.25, -0.2) is 4.79 Å². The average molecular weight is 305 g/mol. The number of hydrogen-bond acceptors (Lipinski definition) is 5. The number of carbonyl (C=O) groups excluding carboxylic acids is 2. The van der Waals surface area contributed by atoms with Gasteiger partial charge in [0.25, 0.3) is 0 Å². The molecule has 1 amide bonds. The lowest BCUT2D eigenvalue weighted by molar-refractivity contribution is -0.114. The molecule has 0 aliphatic carbocycles. The minimum atomic E-state index is -0.481. The number of thiophene rings is 1. The molecule has 1 heterocycles. The number of carbonyl (C=O) groups is 2. The number of amides is 1. The Labute approximate surface area is 126 Å². The Kier molecular flexibility index (Phi) is 4.59. The maximum atomic E-state index is 12.0. The standard InChI is InChI=1S/C15H15NO4S/c1-9(17)16-14-13(15(18)20-3)12(8-21-14)10-4-6-11(19-2)7-5-10/h4-8H,1-3H3,(H,16,17). The smallest absolute Gasteiger partial charge is 0.341 e. The molecule has 0 unspecified atom stereocenters. The van der Waals surface area contributed by atoms with Gasteiger partial charge in [-0.2, -0.15) is 0 Å². The Balaban J connectivity index is 2.49. The lowest BCUT2D eigenvalue weighted by Gasteiger charge is -2.07. The third kappa shape index (κ3) is 3.22. The molecule has 1 aromatic carbocycles. The van der Waals surface area contributed by atoms with Crippen LogP contribution in [0.1, 0.15) is 17.3 Å². The zero-order chi connectivity index (χ0) is 15.4. The van der Waals surface area contributed by atoms with Gasteiger partial charge in [-0.05, 0) is 17.7 Å². The summed E-state index contributed by atoms with van der Waals surface area (Å²) in [5.41, 5.74) is 1.94. The van der Waals surface area contributed by atoms with E-state index in [1.54, 1.807) is 7.11 Å². The highest BCUT2D eigenvalue weighted by molar-refractivity contribution is 7.15. The molecule has 0 radical (unpaired) electrons. The summed E-state index contributed by atoms with van der Waals surface area (Å²) in [4.78, 5) is 23.2. The lowest BCUT2D eigenvalue weighted by atomic mass is 10.0. The van der Waals surface area contributed by atoms with Crippen molar-refractivity contribution in [1.29, 1.82) is 0 Å². The van der Waals surface area contributed by atoms with Crippen LogP contribution >= 0.6 is 11.3 Å². The number of anilines is 1. The molecule has 0 aliphatic rings. The normalized spacial score (nSPS) is 10.0. The Morgan fingerprint density at radius 1 is 1.14 bits per heavy atom. The van der Waals surface area contributed by atoms with Crippen molar-refractivity contribution >= 4 is 28.2 Å². The average Bonchev–Trinajstić information content (AvgIpc) is 2.89. The topological polar surface area (TPSA) is 64.6 Å². The summed E-state index contributed by atoms with van der Waals surface area (Å²) in [6.45, 7) is 1.40. The van der Waals surface area contributed by atoms with E-state index in [1.165, 1.54) is 25.4 Å². The summed E-state index contributed by atoms with van der Waals surface area (Å²) < 4.78 is 9.93. The number of benzene rings is 1. The van der Waals surface area contributed by atoms with Crippen molar-refractivity contribution in [3.8, 4) is 16.9 Å². The van der Waals surface area contributed by atoms with Gasteiger partial charge in [0, 0.05) is 17.9 Å². The van der Waals surface area contributed by atoms with Crippen LogP contribution in [0.25, 0.3) is 11.1 Å². The van der Waals surface area contributed by atoms with Gasteiger partial charge in [0.15, 0.2) is 0 Å². The minimum absolute atomic E-state index is 0.233. The van der Waals surface area contributed by atoms with Gasteiger partial charge in [0.05, 0.1) is 14.2 Å². The number of esters is 1. The van der Waals surface area contributed by atoms with Crippen LogP contribution in [0.4, 0.5) is 5.00 Å². The summed E-state index contributed by atoms with van der Waals surface area (Å²) in [6.07, 6.45) is 0. The predicted octanol–water partition coefficient (Wildman–Crippen LogP) is 3.17. The van der Waals surface area contributed by atoms with E-state index in [9.17, 15) is 9.59 Å². The van der Waals surface area contributed by atoms with Crippen molar-refractivity contribution in [2.45, 2.75) is 6.92 Å². The Morgan fingerprint density at radius 2 is 1.81 bits per heavy atom. The first-order valence-electron chi connectivity index (χ1n) is 6.18. The van der Waals surface area contributed by atoms with Gasteiger partial charge in [-0.15, -0.1) is 11.3 Å². The van der Waals surface area contributed by atoms with Crippen molar-refractivity contribution < 1.29 is 19.1 Å². The molecule has 6 heteroatoms. The second-order valence-electron chi connectivity index (χ2n) is 4.25. The number of methoxy groups -OCH3 is 2. The first-order chi connectivity index (χ1) is 10.1. The molecule has 1 N–H and O–H groups in total. The van der Waals surface area contributed by atoms with E-state index in [0.29, 0.717) is 10.6 Å². The van der Waals surface area contributed by atoms with E-state index in [1.807, 2.05) is 29.6 Å². The summed E-state index contributed by atoms with van der Waals surface area (Å²) in [6, 6.07) is 7.33. The molecule has 0 saturated heterocycles. The fraction of sp³-hybridized carbons (Fsp3) is 0.200. The van der Waals surface area contributed by atoms with Gasteiger partial charge >= 0.3 is 5.97 Å². The number of ether oxygens (including phenoxy) is 2. The Hall–Kier alpha value is -2.34. The molecular weight excluding hydrogens is 290 g/mol. The van der Waals surface area contributed by atoms with Crippen LogP contribution < -0.4 is 10.1 Å². The van der Waals surface area contributed by atoms with Crippen LogP contribution in [-0.2, 0) is 9.53 Å². The Morgan fingerprint density at radius 3 is 2.33 bits per heavy atom. The lowest BCUT2D eigenvalue weighted by Crippen LogP contribution is -2.10. The van der Waals surface area contributed by atoms with Gasteiger partial charge in [-0.3, -0.25) is 4.79 Å². The van der Waals surface area contributed by atoms with Gasteiger partial charge in [-0.1, -0.05) is 12.1 Å². The summed E-state index contributed by atoms with van der Waals surface area (Å²) in [7, 11) is 2.91. The van der Waals surface area contributed by atoms with E-state index in [-0.39, 0.29) is 5.91 Å². The SMILES string of the molecule is COC(=O)c1c(-c2ccc(OC)cc2)csc1NC(C)=O. The second-order valence-corrected chi connectivity index (χ2v) is 5.13. The third-order valence-corrected chi connectivity index (χ3v) is 3.77. The van der Waals surface area contributed by atoms with Crippen LogP contribution in [0.2, 0.25) is 0 Å². The summed E-state index contributed by atoms with van der Waals surface area (Å²) in [5.74, 6) is 0.0183. The molecule has 0 saturated carbocycles. The van der Waals surface area contributed by atoms with Gasteiger partial charge in [0.1, 0.15) is 16.3 Å². The molecule has 2 rings (SSSR count). The van der Waals surface area contributed by atoms with E-state index in [2.05, 4.69) is 5.32 Å². The van der Waals surface area contributed by atoms with E-state index in [0.717, 1.165) is 16.9 Å². The van der Waals surface area contributed by atoms with Crippen molar-refractivity contribution in [3.63, 3.8) is 0 Å². The van der Waals surface area contributed by atoms with Crippen molar-refractivity contribution in [1.82, 2.24) is 0 Å². The molecular formula is C15H15NO4S. The highest BCUT2D eigenvalue weighted by Gasteiger charge is 2.21.